The van der Waals surface area contributed by atoms with Crippen molar-refractivity contribution in [2.24, 2.45) is 5.92 Å². The second kappa shape index (κ2) is 7.64. The summed E-state index contributed by atoms with van der Waals surface area (Å²) in [4.78, 5) is 27.3. The van der Waals surface area contributed by atoms with Gasteiger partial charge in [-0.3, -0.25) is 9.59 Å². The molecule has 7 heteroatoms. The molecular formula is C13H18N2O3S2. The molecule has 0 aromatic carbocycles. The fourth-order valence-corrected chi connectivity index (χ4v) is 3.98. The molecule has 1 aliphatic heterocycles. The zero-order chi connectivity index (χ0) is 14.4. The molecule has 0 atom stereocenters. The lowest BCUT2D eigenvalue weighted by Gasteiger charge is -2.20. The minimum atomic E-state index is -0.326. The average Bonchev–Trinajstić information content (AvgIpc) is 2.86. The largest absolute Gasteiger partial charge is 0.469 e. The number of carbonyl (C=O) groups excluding carboxylic acids is 2. The van der Waals surface area contributed by atoms with Gasteiger partial charge in [0.25, 0.3) is 0 Å². The number of amides is 1. The molecule has 0 aliphatic carbocycles. The van der Waals surface area contributed by atoms with E-state index in [1.165, 1.54) is 18.4 Å². The average molecular weight is 314 g/mol. The van der Waals surface area contributed by atoms with E-state index in [1.807, 2.05) is 11.8 Å². The van der Waals surface area contributed by atoms with Gasteiger partial charge in [0.05, 0.1) is 19.2 Å². The molecule has 2 rings (SSSR count). The number of ether oxygens (including phenoxy) is 1. The van der Waals surface area contributed by atoms with E-state index in [0.717, 1.165) is 24.3 Å². The molecule has 1 aromatic heterocycles. The van der Waals surface area contributed by atoms with Crippen molar-refractivity contribution in [3.63, 3.8) is 0 Å². The molecule has 1 saturated heterocycles. The van der Waals surface area contributed by atoms with E-state index in [-0.39, 0.29) is 18.3 Å². The first-order valence-electron chi connectivity index (χ1n) is 6.56. The number of esters is 1. The predicted molar refractivity (Wildman–Crippen MR) is 81.1 cm³/mol. The van der Waals surface area contributed by atoms with Crippen LogP contribution in [0.1, 0.15) is 25.0 Å². The van der Waals surface area contributed by atoms with E-state index in [2.05, 4.69) is 15.0 Å². The van der Waals surface area contributed by atoms with Crippen LogP contribution >= 0.6 is 23.1 Å². The number of hydrogen-bond acceptors (Lipinski definition) is 6. The van der Waals surface area contributed by atoms with Gasteiger partial charge in [0.2, 0.25) is 5.91 Å². The highest BCUT2D eigenvalue weighted by molar-refractivity contribution is 7.99. The molecule has 0 spiro atoms. The summed E-state index contributed by atoms with van der Waals surface area (Å²) in [6.45, 7) is 0. The number of thiazole rings is 1. The van der Waals surface area contributed by atoms with Gasteiger partial charge in [-0.25, -0.2) is 4.98 Å². The third-order valence-corrected chi connectivity index (χ3v) is 5.02. The smallest absolute Gasteiger partial charge is 0.311 e. The van der Waals surface area contributed by atoms with E-state index in [1.54, 1.807) is 5.38 Å². The maximum absolute atomic E-state index is 11.9. The van der Waals surface area contributed by atoms with Crippen molar-refractivity contribution in [2.45, 2.75) is 25.7 Å². The number of carbonyl (C=O) groups is 2. The van der Waals surface area contributed by atoms with Gasteiger partial charge in [0.1, 0.15) is 0 Å². The Hall–Kier alpha value is -1.08. The highest BCUT2D eigenvalue weighted by Crippen LogP contribution is 2.26. The normalized spacial score (nSPS) is 15.8. The fraction of sp³-hybridized carbons (Fsp3) is 0.615. The van der Waals surface area contributed by atoms with Gasteiger partial charge in [0, 0.05) is 11.8 Å². The lowest BCUT2D eigenvalue weighted by Crippen LogP contribution is -2.19. The van der Waals surface area contributed by atoms with Crippen molar-refractivity contribution in [2.75, 3.05) is 23.9 Å². The van der Waals surface area contributed by atoms with E-state index < -0.39 is 0 Å². The monoisotopic (exact) mass is 314 g/mol. The van der Waals surface area contributed by atoms with Gasteiger partial charge in [0.15, 0.2) is 5.13 Å². The van der Waals surface area contributed by atoms with E-state index in [9.17, 15) is 9.59 Å². The summed E-state index contributed by atoms with van der Waals surface area (Å²) in [6.07, 6.45) is 2.93. The van der Waals surface area contributed by atoms with Crippen LogP contribution in [-0.2, 0) is 20.7 Å². The molecular weight excluding hydrogens is 296 g/mol. The third kappa shape index (κ3) is 4.79. The molecule has 5 nitrogen and oxygen atoms in total. The molecule has 0 saturated carbocycles. The SMILES string of the molecule is COC(=O)Cc1csc(NC(=O)CC2CCSCC2)n1. The molecule has 1 aromatic rings. The van der Waals surface area contributed by atoms with Crippen molar-refractivity contribution < 1.29 is 14.3 Å². The standard InChI is InChI=1S/C13H18N2O3S2/c1-18-12(17)7-10-8-20-13(14-10)15-11(16)6-9-2-4-19-5-3-9/h8-9H,2-7H2,1H3,(H,14,15,16). The highest BCUT2D eigenvalue weighted by atomic mass is 32.2. The lowest BCUT2D eigenvalue weighted by atomic mass is 9.99. The van der Waals surface area contributed by atoms with Gasteiger partial charge in [-0.2, -0.15) is 11.8 Å². The number of nitrogens with one attached hydrogen (secondary N) is 1. The van der Waals surface area contributed by atoms with Crippen LogP contribution in [0.15, 0.2) is 5.38 Å². The van der Waals surface area contributed by atoms with Crippen LogP contribution in [0, 0.1) is 5.92 Å². The van der Waals surface area contributed by atoms with Crippen LogP contribution in [0.2, 0.25) is 0 Å². The van der Waals surface area contributed by atoms with Crippen molar-refractivity contribution in [1.82, 2.24) is 4.98 Å². The zero-order valence-corrected chi connectivity index (χ0v) is 13.0. The second-order valence-corrected chi connectivity index (χ2v) is 6.79. The summed E-state index contributed by atoms with van der Waals surface area (Å²) in [5, 5.41) is 5.13. The lowest BCUT2D eigenvalue weighted by molar-refractivity contribution is -0.139. The van der Waals surface area contributed by atoms with Gasteiger partial charge < -0.3 is 10.1 Å². The summed E-state index contributed by atoms with van der Waals surface area (Å²) >= 11 is 3.29. The maximum atomic E-state index is 11.9. The molecule has 20 heavy (non-hydrogen) atoms. The Morgan fingerprint density at radius 2 is 2.20 bits per heavy atom. The second-order valence-electron chi connectivity index (χ2n) is 4.70. The van der Waals surface area contributed by atoms with E-state index in [4.69, 9.17) is 0 Å². The predicted octanol–water partition coefficient (Wildman–Crippen LogP) is 2.33. The summed E-state index contributed by atoms with van der Waals surface area (Å²) in [7, 11) is 1.35. The Kier molecular flexibility index (Phi) is 5.85. The molecule has 1 fully saturated rings. The first kappa shape index (κ1) is 15.3. The van der Waals surface area contributed by atoms with Crippen molar-refractivity contribution in [1.29, 1.82) is 0 Å². The van der Waals surface area contributed by atoms with Crippen LogP contribution in [-0.4, -0.2) is 35.5 Å². The summed E-state index contributed by atoms with van der Waals surface area (Å²) < 4.78 is 4.58. The minimum absolute atomic E-state index is 0.0147. The zero-order valence-electron chi connectivity index (χ0n) is 11.4. The molecule has 1 aliphatic rings. The summed E-state index contributed by atoms with van der Waals surface area (Å²) in [5.74, 6) is 2.48. The Labute approximate surface area is 126 Å². The number of anilines is 1. The molecule has 0 bridgehead atoms. The summed E-state index contributed by atoms with van der Waals surface area (Å²) in [5.41, 5.74) is 0.631. The van der Waals surface area contributed by atoms with Crippen LogP contribution < -0.4 is 5.32 Å². The van der Waals surface area contributed by atoms with Crippen LogP contribution in [0.25, 0.3) is 0 Å². The molecule has 1 amide bonds. The quantitative estimate of drug-likeness (QED) is 0.845. The van der Waals surface area contributed by atoms with Crippen molar-refractivity contribution in [3.8, 4) is 0 Å². The Morgan fingerprint density at radius 3 is 2.90 bits per heavy atom. The highest BCUT2D eigenvalue weighted by Gasteiger charge is 2.18. The molecule has 0 radical (unpaired) electrons. The topological polar surface area (TPSA) is 68.3 Å². The first-order chi connectivity index (χ1) is 9.67. The number of aromatic nitrogens is 1. The van der Waals surface area contributed by atoms with Crippen molar-refractivity contribution >= 4 is 40.1 Å². The number of rotatable bonds is 5. The Morgan fingerprint density at radius 1 is 1.45 bits per heavy atom. The molecule has 110 valence electrons. The minimum Gasteiger partial charge on any atom is -0.469 e. The maximum Gasteiger partial charge on any atom is 0.311 e. The molecule has 1 N–H and O–H groups in total. The van der Waals surface area contributed by atoms with Crippen molar-refractivity contribution in [3.05, 3.63) is 11.1 Å². The number of methoxy groups -OCH3 is 1. The van der Waals surface area contributed by atoms with Gasteiger partial charge in [-0.15, -0.1) is 11.3 Å². The molecule has 0 unspecified atom stereocenters. The fourth-order valence-electron chi connectivity index (χ4n) is 2.05. The number of hydrogen-bond donors (Lipinski definition) is 1. The van der Waals surface area contributed by atoms with Gasteiger partial charge in [-0.05, 0) is 30.3 Å². The Bertz CT molecular complexity index is 470. The van der Waals surface area contributed by atoms with Crippen LogP contribution in [0.3, 0.4) is 0 Å². The van der Waals surface area contributed by atoms with E-state index in [0.29, 0.717) is 23.2 Å². The van der Waals surface area contributed by atoms with Crippen LogP contribution in [0.4, 0.5) is 5.13 Å². The van der Waals surface area contributed by atoms with Gasteiger partial charge >= 0.3 is 5.97 Å². The molecule has 2 heterocycles. The van der Waals surface area contributed by atoms with Gasteiger partial charge in [-0.1, -0.05) is 0 Å². The number of thioether (sulfide) groups is 1. The first-order valence-corrected chi connectivity index (χ1v) is 8.59. The van der Waals surface area contributed by atoms with Crippen LogP contribution in [0.5, 0.6) is 0 Å². The third-order valence-electron chi connectivity index (χ3n) is 3.17. The number of nitrogens with zero attached hydrogens (tertiary/aromatic N) is 1. The Balaban J connectivity index is 1.80. The van der Waals surface area contributed by atoms with E-state index >= 15 is 0 Å². The summed E-state index contributed by atoms with van der Waals surface area (Å²) in [6, 6.07) is 0.